The lowest BCUT2D eigenvalue weighted by atomic mass is 9.86. The molecule has 0 bridgehead atoms. The summed E-state index contributed by atoms with van der Waals surface area (Å²) in [6.45, 7) is 0.826. The highest BCUT2D eigenvalue weighted by Gasteiger charge is 2.30. The van der Waals surface area contributed by atoms with Gasteiger partial charge in [-0.25, -0.2) is 4.98 Å². The van der Waals surface area contributed by atoms with Gasteiger partial charge in [-0.3, -0.25) is 0 Å². The minimum Gasteiger partial charge on any atom is -0.331 e. The number of hydrogen-bond acceptors (Lipinski definition) is 2. The predicted octanol–water partition coefficient (Wildman–Crippen LogP) is 3.23. The molecule has 3 nitrogen and oxygen atoms in total. The van der Waals surface area contributed by atoms with Gasteiger partial charge in [0.05, 0.1) is 6.33 Å². The van der Waals surface area contributed by atoms with E-state index in [1.54, 1.807) is 0 Å². The lowest BCUT2D eigenvalue weighted by molar-refractivity contribution is 0.354. The summed E-state index contributed by atoms with van der Waals surface area (Å²) in [5, 5.41) is 0. The summed E-state index contributed by atoms with van der Waals surface area (Å²) in [5.41, 5.74) is 7.41. The first-order chi connectivity index (χ1) is 8.90. The van der Waals surface area contributed by atoms with Crippen LogP contribution in [-0.2, 0) is 0 Å². The van der Waals surface area contributed by atoms with E-state index in [1.165, 1.54) is 57.1 Å². The van der Waals surface area contributed by atoms with Crippen LogP contribution in [0.4, 0.5) is 0 Å². The Balaban J connectivity index is 1.81. The van der Waals surface area contributed by atoms with Crippen molar-refractivity contribution in [3.05, 3.63) is 18.2 Å². The van der Waals surface area contributed by atoms with E-state index in [0.717, 1.165) is 12.5 Å². The normalized spacial score (nSPS) is 29.8. The summed E-state index contributed by atoms with van der Waals surface area (Å²) >= 11 is 0. The van der Waals surface area contributed by atoms with Gasteiger partial charge >= 0.3 is 0 Å². The van der Waals surface area contributed by atoms with Gasteiger partial charge in [-0.1, -0.05) is 25.7 Å². The van der Waals surface area contributed by atoms with Crippen molar-refractivity contribution in [2.75, 3.05) is 6.54 Å². The van der Waals surface area contributed by atoms with Gasteiger partial charge in [-0.05, 0) is 38.1 Å². The van der Waals surface area contributed by atoms with E-state index >= 15 is 0 Å². The molecule has 0 spiro atoms. The van der Waals surface area contributed by atoms with Crippen LogP contribution in [-0.4, -0.2) is 16.1 Å². The number of aromatic nitrogens is 2. The lowest BCUT2D eigenvalue weighted by Crippen LogP contribution is -2.23. The number of rotatable bonds is 3. The number of imidazole rings is 1. The molecule has 2 N–H and O–H groups in total. The molecule has 18 heavy (non-hydrogen) atoms. The molecule has 0 aliphatic heterocycles. The van der Waals surface area contributed by atoms with Gasteiger partial charge in [0.1, 0.15) is 0 Å². The third kappa shape index (κ3) is 2.20. The summed E-state index contributed by atoms with van der Waals surface area (Å²) in [7, 11) is 0. The highest BCUT2D eigenvalue weighted by atomic mass is 15.1. The Kier molecular flexibility index (Phi) is 3.69. The Labute approximate surface area is 110 Å². The molecule has 2 aliphatic carbocycles. The molecule has 0 amide bonds. The summed E-state index contributed by atoms with van der Waals surface area (Å²) in [6, 6.07) is 0.620. The van der Waals surface area contributed by atoms with Gasteiger partial charge < -0.3 is 10.3 Å². The van der Waals surface area contributed by atoms with Gasteiger partial charge in [-0.2, -0.15) is 0 Å². The third-order valence-corrected chi connectivity index (χ3v) is 5.00. The zero-order valence-electron chi connectivity index (χ0n) is 11.2. The van der Waals surface area contributed by atoms with E-state index in [-0.39, 0.29) is 0 Å². The van der Waals surface area contributed by atoms with Crippen LogP contribution in [0.25, 0.3) is 0 Å². The monoisotopic (exact) mass is 247 g/mol. The molecular formula is C15H25N3. The summed E-state index contributed by atoms with van der Waals surface area (Å²) < 4.78 is 2.47. The quantitative estimate of drug-likeness (QED) is 0.891. The van der Waals surface area contributed by atoms with Crippen LogP contribution in [0.3, 0.4) is 0 Å². The minimum absolute atomic E-state index is 0.620. The van der Waals surface area contributed by atoms with Crippen molar-refractivity contribution in [2.45, 2.75) is 63.3 Å². The van der Waals surface area contributed by atoms with Crippen molar-refractivity contribution >= 4 is 0 Å². The number of hydrogen-bond donors (Lipinski definition) is 1. The first-order valence-corrected chi connectivity index (χ1v) is 7.62. The van der Waals surface area contributed by atoms with Crippen LogP contribution in [0.5, 0.6) is 0 Å². The maximum absolute atomic E-state index is 5.93. The fourth-order valence-electron chi connectivity index (χ4n) is 3.96. The Morgan fingerprint density at radius 1 is 1.11 bits per heavy atom. The van der Waals surface area contributed by atoms with Crippen molar-refractivity contribution in [3.63, 3.8) is 0 Å². The fraction of sp³-hybridized carbons (Fsp3) is 0.800. The van der Waals surface area contributed by atoms with Crippen LogP contribution < -0.4 is 5.73 Å². The van der Waals surface area contributed by atoms with Crippen molar-refractivity contribution in [3.8, 4) is 0 Å². The average Bonchev–Trinajstić information content (AvgIpc) is 3.07. The molecule has 0 aromatic carbocycles. The highest BCUT2D eigenvalue weighted by molar-refractivity contribution is 5.10. The molecule has 1 aromatic rings. The third-order valence-electron chi connectivity index (χ3n) is 5.00. The molecule has 2 saturated carbocycles. The van der Waals surface area contributed by atoms with Crippen molar-refractivity contribution < 1.29 is 0 Å². The molecule has 1 aromatic heterocycles. The van der Waals surface area contributed by atoms with Crippen LogP contribution in [0.1, 0.15) is 69.0 Å². The second-order valence-corrected chi connectivity index (χ2v) is 6.05. The standard InChI is InChI=1S/C15H25N3/c16-9-13-7-4-8-14(13)18-11-17-10-15(18)12-5-2-1-3-6-12/h10-14H,1-9,16H2. The molecule has 0 saturated heterocycles. The maximum Gasteiger partial charge on any atom is 0.0950 e. The molecular weight excluding hydrogens is 222 g/mol. The van der Waals surface area contributed by atoms with E-state index in [2.05, 4.69) is 22.1 Å². The second-order valence-electron chi connectivity index (χ2n) is 6.05. The Morgan fingerprint density at radius 3 is 2.72 bits per heavy atom. The van der Waals surface area contributed by atoms with Gasteiger partial charge in [0.2, 0.25) is 0 Å². The smallest absolute Gasteiger partial charge is 0.0950 e. The van der Waals surface area contributed by atoms with E-state index in [9.17, 15) is 0 Å². The average molecular weight is 247 g/mol. The topological polar surface area (TPSA) is 43.8 Å². The minimum atomic E-state index is 0.620. The van der Waals surface area contributed by atoms with Crippen LogP contribution >= 0.6 is 0 Å². The van der Waals surface area contributed by atoms with Crippen molar-refractivity contribution in [2.24, 2.45) is 11.7 Å². The maximum atomic E-state index is 5.93. The molecule has 2 unspecified atom stereocenters. The summed E-state index contributed by atoms with van der Waals surface area (Å²) in [5.74, 6) is 1.42. The van der Waals surface area contributed by atoms with Crippen molar-refractivity contribution in [1.82, 2.24) is 9.55 Å². The molecule has 2 fully saturated rings. The Bertz CT molecular complexity index is 379. The molecule has 2 aliphatic rings. The lowest BCUT2D eigenvalue weighted by Gasteiger charge is -2.27. The Morgan fingerprint density at radius 2 is 1.94 bits per heavy atom. The summed E-state index contributed by atoms with van der Waals surface area (Å²) in [4.78, 5) is 4.43. The zero-order valence-corrected chi connectivity index (χ0v) is 11.2. The Hall–Kier alpha value is -0.830. The molecule has 3 heteroatoms. The molecule has 100 valence electrons. The van der Waals surface area contributed by atoms with Gasteiger partial charge in [0.25, 0.3) is 0 Å². The number of nitrogens with zero attached hydrogens (tertiary/aromatic N) is 2. The predicted molar refractivity (Wildman–Crippen MR) is 73.5 cm³/mol. The molecule has 3 rings (SSSR count). The van der Waals surface area contributed by atoms with Crippen LogP contribution in [0.2, 0.25) is 0 Å². The van der Waals surface area contributed by atoms with Gasteiger partial charge in [0.15, 0.2) is 0 Å². The van der Waals surface area contributed by atoms with E-state index in [4.69, 9.17) is 5.73 Å². The van der Waals surface area contributed by atoms with Gasteiger partial charge in [0, 0.05) is 23.9 Å². The zero-order chi connectivity index (χ0) is 12.4. The number of nitrogens with two attached hydrogens (primary N) is 1. The van der Waals surface area contributed by atoms with E-state index < -0.39 is 0 Å². The summed E-state index contributed by atoms with van der Waals surface area (Å²) in [6.07, 6.45) is 15.0. The van der Waals surface area contributed by atoms with E-state index in [1.807, 2.05) is 0 Å². The van der Waals surface area contributed by atoms with Crippen molar-refractivity contribution in [1.29, 1.82) is 0 Å². The first-order valence-electron chi connectivity index (χ1n) is 7.62. The highest BCUT2D eigenvalue weighted by Crippen LogP contribution is 2.39. The fourth-order valence-corrected chi connectivity index (χ4v) is 3.96. The van der Waals surface area contributed by atoms with Crippen LogP contribution in [0.15, 0.2) is 12.5 Å². The van der Waals surface area contributed by atoms with Crippen LogP contribution in [0, 0.1) is 5.92 Å². The largest absolute Gasteiger partial charge is 0.331 e. The van der Waals surface area contributed by atoms with E-state index in [0.29, 0.717) is 12.0 Å². The first kappa shape index (κ1) is 12.2. The molecule has 2 atom stereocenters. The SMILES string of the molecule is NCC1CCCC1n1cncc1C1CCCCC1. The molecule has 0 radical (unpaired) electrons. The molecule has 1 heterocycles. The second kappa shape index (κ2) is 5.43. The van der Waals surface area contributed by atoms with Gasteiger partial charge in [-0.15, -0.1) is 0 Å².